The Bertz CT molecular complexity index is 1100. The Morgan fingerprint density at radius 1 is 1.23 bits per heavy atom. The van der Waals surface area contributed by atoms with E-state index in [0.717, 1.165) is 24.8 Å². The zero-order valence-electron chi connectivity index (χ0n) is 18.1. The van der Waals surface area contributed by atoms with Crippen LogP contribution in [0.15, 0.2) is 23.0 Å². The Hall–Kier alpha value is -3.03. The van der Waals surface area contributed by atoms with Crippen molar-refractivity contribution in [3.8, 4) is 0 Å². The van der Waals surface area contributed by atoms with Crippen LogP contribution < -0.4 is 5.56 Å². The maximum absolute atomic E-state index is 14.6. The molecule has 3 heterocycles. The van der Waals surface area contributed by atoms with Crippen molar-refractivity contribution in [2.45, 2.75) is 58.5 Å². The predicted molar refractivity (Wildman–Crippen MR) is 113 cm³/mol. The molecule has 0 radical (unpaired) electrons. The topological polar surface area (TPSA) is 86.4 Å². The second-order valence-corrected chi connectivity index (χ2v) is 8.66. The van der Waals surface area contributed by atoms with E-state index < -0.39 is 11.7 Å². The molecule has 4 rings (SSSR count). The molecule has 1 N–H and O–H groups in total. The SMILES string of the molecule is Cc1c(Cc2ccc(F)c(C(=O)N3CC(=O)N4[C@H](CCC[C@H]4C)C3)c2)n[nH]c(=O)c1C. The lowest BCUT2D eigenvalue weighted by atomic mass is 9.93. The molecule has 2 amide bonds. The first-order valence-corrected chi connectivity index (χ1v) is 10.7. The van der Waals surface area contributed by atoms with Gasteiger partial charge in [-0.15, -0.1) is 0 Å². The number of aromatic amines is 1. The number of amides is 2. The summed E-state index contributed by atoms with van der Waals surface area (Å²) >= 11 is 0. The number of aromatic nitrogens is 2. The summed E-state index contributed by atoms with van der Waals surface area (Å²) in [5, 5.41) is 6.57. The molecule has 2 saturated heterocycles. The Morgan fingerprint density at radius 3 is 2.77 bits per heavy atom. The van der Waals surface area contributed by atoms with Crippen LogP contribution in [0.5, 0.6) is 0 Å². The fraction of sp³-hybridized carbons (Fsp3) is 0.478. The van der Waals surface area contributed by atoms with Gasteiger partial charge in [0.15, 0.2) is 0 Å². The second-order valence-electron chi connectivity index (χ2n) is 8.66. The van der Waals surface area contributed by atoms with Gasteiger partial charge in [-0.3, -0.25) is 14.4 Å². The highest BCUT2D eigenvalue weighted by atomic mass is 19.1. The number of nitrogens with zero attached hydrogens (tertiary/aromatic N) is 3. The molecule has 1 aromatic carbocycles. The summed E-state index contributed by atoms with van der Waals surface area (Å²) in [5.41, 5.74) is 2.46. The van der Waals surface area contributed by atoms with Gasteiger partial charge in [-0.25, -0.2) is 9.49 Å². The van der Waals surface area contributed by atoms with Gasteiger partial charge in [0.25, 0.3) is 11.5 Å². The smallest absolute Gasteiger partial charge is 0.267 e. The van der Waals surface area contributed by atoms with Gasteiger partial charge < -0.3 is 9.80 Å². The van der Waals surface area contributed by atoms with E-state index in [2.05, 4.69) is 10.2 Å². The largest absolute Gasteiger partial charge is 0.334 e. The third kappa shape index (κ3) is 3.98. The average Bonchev–Trinajstić information content (AvgIpc) is 2.74. The highest BCUT2D eigenvalue weighted by Crippen LogP contribution is 2.28. The zero-order valence-corrected chi connectivity index (χ0v) is 18.1. The molecular formula is C23H27FN4O3. The molecule has 2 aliphatic rings. The summed E-state index contributed by atoms with van der Waals surface area (Å²) in [6.07, 6.45) is 3.21. The highest BCUT2D eigenvalue weighted by molar-refractivity contribution is 5.97. The monoisotopic (exact) mass is 426 g/mol. The van der Waals surface area contributed by atoms with Crippen LogP contribution in [0.4, 0.5) is 4.39 Å². The van der Waals surface area contributed by atoms with Crippen molar-refractivity contribution in [2.24, 2.45) is 0 Å². The first-order valence-electron chi connectivity index (χ1n) is 10.7. The molecule has 2 fully saturated rings. The van der Waals surface area contributed by atoms with E-state index in [1.165, 1.54) is 17.0 Å². The number of carbonyl (C=O) groups is 2. The minimum Gasteiger partial charge on any atom is -0.334 e. The van der Waals surface area contributed by atoms with Crippen LogP contribution in [0, 0.1) is 19.7 Å². The van der Waals surface area contributed by atoms with Gasteiger partial charge in [0.1, 0.15) is 12.4 Å². The fourth-order valence-corrected chi connectivity index (χ4v) is 4.69. The van der Waals surface area contributed by atoms with Crippen molar-refractivity contribution in [1.29, 1.82) is 0 Å². The van der Waals surface area contributed by atoms with E-state index in [1.54, 1.807) is 13.0 Å². The van der Waals surface area contributed by atoms with E-state index in [-0.39, 0.29) is 35.7 Å². The number of carbonyl (C=O) groups excluding carboxylic acids is 2. The van der Waals surface area contributed by atoms with Gasteiger partial charge in [-0.1, -0.05) is 6.07 Å². The van der Waals surface area contributed by atoms with Crippen molar-refractivity contribution < 1.29 is 14.0 Å². The van der Waals surface area contributed by atoms with Gasteiger partial charge >= 0.3 is 0 Å². The molecule has 2 aliphatic heterocycles. The molecule has 1 aromatic heterocycles. The standard InChI is InChI=1S/C23H27FN4O3/c1-13-5-4-6-17-11-27(12-21(29)28(13)17)23(31)18-9-16(7-8-19(18)24)10-20-14(2)15(3)22(30)26-25-20/h7-9,13,17H,4-6,10-12H2,1-3H3,(H,26,30)/t13-,17-/m1/s1. The van der Waals surface area contributed by atoms with Gasteiger partial charge in [-0.05, 0) is 63.3 Å². The number of H-pyrrole nitrogens is 1. The summed E-state index contributed by atoms with van der Waals surface area (Å²) in [4.78, 5) is 40.9. The molecule has 31 heavy (non-hydrogen) atoms. The number of halogens is 1. The molecule has 8 heteroatoms. The van der Waals surface area contributed by atoms with E-state index in [4.69, 9.17) is 0 Å². The summed E-state index contributed by atoms with van der Waals surface area (Å²) in [6.45, 7) is 5.99. The van der Waals surface area contributed by atoms with Gasteiger partial charge in [0, 0.05) is 30.6 Å². The molecule has 0 spiro atoms. The first kappa shape index (κ1) is 21.2. The van der Waals surface area contributed by atoms with Crippen LogP contribution in [0.25, 0.3) is 0 Å². The molecule has 0 saturated carbocycles. The Morgan fingerprint density at radius 2 is 2.00 bits per heavy atom. The van der Waals surface area contributed by atoms with Gasteiger partial charge in [-0.2, -0.15) is 5.10 Å². The maximum Gasteiger partial charge on any atom is 0.267 e. The van der Waals surface area contributed by atoms with Crippen LogP contribution in [0.1, 0.15) is 58.9 Å². The molecule has 0 aliphatic carbocycles. The number of benzene rings is 1. The maximum atomic E-state index is 14.6. The number of nitrogens with one attached hydrogen (secondary N) is 1. The number of hydrogen-bond acceptors (Lipinski definition) is 4. The lowest BCUT2D eigenvalue weighted by Gasteiger charge is -2.47. The zero-order chi connectivity index (χ0) is 22.3. The van der Waals surface area contributed by atoms with E-state index in [0.29, 0.717) is 29.8 Å². The predicted octanol–water partition coefficient (Wildman–Crippen LogP) is 2.34. The number of fused-ring (bicyclic) bond motifs is 1. The second kappa shape index (κ2) is 8.24. The summed E-state index contributed by atoms with van der Waals surface area (Å²) in [6, 6.07) is 4.59. The lowest BCUT2D eigenvalue weighted by molar-refractivity contribution is -0.143. The van der Waals surface area contributed by atoms with E-state index in [9.17, 15) is 18.8 Å². The molecule has 2 aromatic rings. The Balaban J connectivity index is 1.57. The molecule has 0 bridgehead atoms. The lowest BCUT2D eigenvalue weighted by Crippen LogP contribution is -2.61. The highest BCUT2D eigenvalue weighted by Gasteiger charge is 2.39. The molecular weight excluding hydrogens is 399 g/mol. The van der Waals surface area contributed by atoms with Crippen LogP contribution in [0.2, 0.25) is 0 Å². The minimum atomic E-state index is -0.608. The van der Waals surface area contributed by atoms with Crippen molar-refractivity contribution >= 4 is 11.8 Å². The fourth-order valence-electron chi connectivity index (χ4n) is 4.69. The quantitative estimate of drug-likeness (QED) is 0.816. The van der Waals surface area contributed by atoms with Crippen LogP contribution >= 0.6 is 0 Å². The average molecular weight is 426 g/mol. The summed E-state index contributed by atoms with van der Waals surface area (Å²) < 4.78 is 14.6. The number of piperidine rings is 1. The molecule has 164 valence electrons. The van der Waals surface area contributed by atoms with Gasteiger partial charge in [0.2, 0.25) is 5.91 Å². The van der Waals surface area contributed by atoms with Crippen LogP contribution in [0.3, 0.4) is 0 Å². The molecule has 7 nitrogen and oxygen atoms in total. The van der Waals surface area contributed by atoms with E-state index in [1.807, 2.05) is 18.7 Å². The number of hydrogen-bond donors (Lipinski definition) is 1. The normalized spacial score (nSPS) is 21.2. The number of piperazine rings is 1. The summed E-state index contributed by atoms with van der Waals surface area (Å²) in [5.74, 6) is -1.15. The van der Waals surface area contributed by atoms with Crippen molar-refractivity contribution in [3.63, 3.8) is 0 Å². The third-order valence-corrected chi connectivity index (χ3v) is 6.62. The number of rotatable bonds is 3. The van der Waals surface area contributed by atoms with Crippen molar-refractivity contribution in [1.82, 2.24) is 20.0 Å². The molecule has 0 unspecified atom stereocenters. The van der Waals surface area contributed by atoms with Crippen LogP contribution in [-0.2, 0) is 11.2 Å². The summed E-state index contributed by atoms with van der Waals surface area (Å²) in [7, 11) is 0. The minimum absolute atomic E-state index is 0.00355. The van der Waals surface area contributed by atoms with Gasteiger partial charge in [0.05, 0.1) is 11.3 Å². The Kier molecular flexibility index (Phi) is 5.64. The third-order valence-electron chi connectivity index (χ3n) is 6.62. The van der Waals surface area contributed by atoms with E-state index >= 15 is 0 Å². The first-order chi connectivity index (χ1) is 14.8. The molecule has 2 atom stereocenters. The van der Waals surface area contributed by atoms with Crippen molar-refractivity contribution in [3.05, 3.63) is 62.3 Å². The Labute approximate surface area is 180 Å². The van der Waals surface area contributed by atoms with Crippen molar-refractivity contribution in [2.75, 3.05) is 13.1 Å². The van der Waals surface area contributed by atoms with Crippen LogP contribution in [-0.4, -0.2) is 57.0 Å².